The molecule has 94 valence electrons. The highest BCUT2D eigenvalue weighted by Gasteiger charge is 2.28. The third kappa shape index (κ3) is 2.41. The number of aromatic nitrogens is 1. The summed E-state index contributed by atoms with van der Waals surface area (Å²) in [5.41, 5.74) is 0.453. The molecule has 2 heterocycles. The topological polar surface area (TPSA) is 73.5 Å². The number of nitrogens with zero attached hydrogens (tertiary/aromatic N) is 2. The molecule has 7 heteroatoms. The van der Waals surface area contributed by atoms with Crippen LogP contribution in [0.5, 0.6) is 0 Å². The van der Waals surface area contributed by atoms with Crippen molar-refractivity contribution in [1.29, 1.82) is 0 Å². The lowest BCUT2D eigenvalue weighted by Crippen LogP contribution is -2.41. The van der Waals surface area contributed by atoms with E-state index in [-0.39, 0.29) is 4.90 Å². The van der Waals surface area contributed by atoms with Crippen molar-refractivity contribution in [1.82, 2.24) is 4.31 Å². The molecule has 0 aromatic carbocycles. The number of pyridine rings is 1. The predicted octanol–water partition coefficient (Wildman–Crippen LogP) is -0.351. The second-order valence-electron chi connectivity index (χ2n) is 3.87. The quantitative estimate of drug-likeness (QED) is 0.537. The van der Waals surface area contributed by atoms with E-state index in [1.807, 2.05) is 0 Å². The molecule has 0 radical (unpaired) electrons. The molecular formula is C10H14N2O4S. The fourth-order valence-electron chi connectivity index (χ4n) is 1.79. The lowest BCUT2D eigenvalue weighted by atomic mass is 10.3. The van der Waals surface area contributed by atoms with Crippen molar-refractivity contribution in [3.8, 4) is 0 Å². The van der Waals surface area contributed by atoms with E-state index in [0.29, 0.717) is 36.6 Å². The Morgan fingerprint density at radius 3 is 2.65 bits per heavy atom. The molecule has 0 spiro atoms. The first-order valence-corrected chi connectivity index (χ1v) is 6.73. The van der Waals surface area contributed by atoms with Gasteiger partial charge in [0.2, 0.25) is 10.0 Å². The van der Waals surface area contributed by atoms with E-state index in [1.165, 1.54) is 22.8 Å². The van der Waals surface area contributed by atoms with Crippen LogP contribution in [-0.4, -0.2) is 39.0 Å². The highest BCUT2D eigenvalue weighted by Crippen LogP contribution is 2.18. The fourth-order valence-corrected chi connectivity index (χ4v) is 3.39. The van der Waals surface area contributed by atoms with Crippen LogP contribution < -0.4 is 4.73 Å². The molecule has 1 saturated heterocycles. The number of sulfonamides is 1. The first-order valence-electron chi connectivity index (χ1n) is 5.29. The molecule has 1 aromatic heterocycles. The smallest absolute Gasteiger partial charge is 0.243 e. The van der Waals surface area contributed by atoms with Gasteiger partial charge >= 0.3 is 0 Å². The Labute approximate surface area is 100 Å². The Morgan fingerprint density at radius 2 is 2.06 bits per heavy atom. The van der Waals surface area contributed by atoms with Crippen LogP contribution in [0.2, 0.25) is 0 Å². The lowest BCUT2D eigenvalue weighted by molar-refractivity contribution is -0.606. The van der Waals surface area contributed by atoms with E-state index in [1.54, 1.807) is 6.92 Å². The Hall–Kier alpha value is -1.18. The Morgan fingerprint density at radius 1 is 1.41 bits per heavy atom. The molecule has 0 unspecified atom stereocenters. The van der Waals surface area contributed by atoms with Gasteiger partial charge in [0, 0.05) is 24.7 Å². The number of rotatable bonds is 2. The van der Waals surface area contributed by atoms with Gasteiger partial charge < -0.3 is 9.94 Å². The maximum absolute atomic E-state index is 12.3. The van der Waals surface area contributed by atoms with Gasteiger partial charge in [0.05, 0.1) is 18.1 Å². The summed E-state index contributed by atoms with van der Waals surface area (Å²) in [4.78, 5) is 0.187. The predicted molar refractivity (Wildman–Crippen MR) is 59.7 cm³/mol. The summed E-state index contributed by atoms with van der Waals surface area (Å²) in [6.45, 7) is 3.14. The third-order valence-corrected chi connectivity index (χ3v) is 4.73. The van der Waals surface area contributed by atoms with Crippen LogP contribution in [0.25, 0.3) is 0 Å². The maximum atomic E-state index is 12.3. The van der Waals surface area contributed by atoms with Crippen molar-refractivity contribution < 1.29 is 17.9 Å². The zero-order valence-electron chi connectivity index (χ0n) is 9.50. The molecule has 0 saturated carbocycles. The van der Waals surface area contributed by atoms with Crippen LogP contribution in [0.1, 0.15) is 5.56 Å². The van der Waals surface area contributed by atoms with Gasteiger partial charge in [-0.1, -0.05) is 0 Å². The van der Waals surface area contributed by atoms with E-state index in [0.717, 1.165) is 0 Å². The number of hydrogen-bond donors (Lipinski definition) is 0. The summed E-state index contributed by atoms with van der Waals surface area (Å²) in [5.74, 6) is 0. The minimum atomic E-state index is -3.51. The average molecular weight is 258 g/mol. The Balaban J connectivity index is 2.37. The third-order valence-electron chi connectivity index (χ3n) is 2.67. The molecule has 17 heavy (non-hydrogen) atoms. The molecule has 0 N–H and O–H groups in total. The van der Waals surface area contributed by atoms with Crippen molar-refractivity contribution in [2.75, 3.05) is 26.3 Å². The Kier molecular flexibility index (Phi) is 3.32. The number of aryl methyl sites for hydroxylation is 1. The van der Waals surface area contributed by atoms with Gasteiger partial charge in [-0.3, -0.25) is 0 Å². The molecule has 0 bridgehead atoms. The number of hydrogen-bond acceptors (Lipinski definition) is 4. The van der Waals surface area contributed by atoms with Crippen molar-refractivity contribution >= 4 is 10.0 Å². The van der Waals surface area contributed by atoms with Crippen molar-refractivity contribution in [3.05, 3.63) is 29.2 Å². The molecule has 1 fully saturated rings. The van der Waals surface area contributed by atoms with Crippen LogP contribution in [-0.2, 0) is 14.8 Å². The van der Waals surface area contributed by atoms with Crippen molar-refractivity contribution in [2.45, 2.75) is 11.8 Å². The van der Waals surface area contributed by atoms with Gasteiger partial charge in [-0.25, -0.2) is 8.42 Å². The van der Waals surface area contributed by atoms with E-state index in [4.69, 9.17) is 4.74 Å². The van der Waals surface area contributed by atoms with E-state index < -0.39 is 10.0 Å². The largest absolute Gasteiger partial charge is 0.619 e. The first kappa shape index (κ1) is 12.3. The van der Waals surface area contributed by atoms with Crippen LogP contribution in [0.3, 0.4) is 0 Å². The summed E-state index contributed by atoms with van der Waals surface area (Å²) in [6, 6.07) is 1.34. The van der Waals surface area contributed by atoms with Crippen LogP contribution in [0, 0.1) is 12.1 Å². The van der Waals surface area contributed by atoms with E-state index in [2.05, 4.69) is 0 Å². The average Bonchev–Trinajstić information content (AvgIpc) is 2.29. The molecule has 1 aliphatic heterocycles. The zero-order chi connectivity index (χ0) is 12.5. The highest BCUT2D eigenvalue weighted by atomic mass is 32.2. The van der Waals surface area contributed by atoms with Crippen LogP contribution in [0.4, 0.5) is 0 Å². The summed E-state index contributed by atoms with van der Waals surface area (Å²) in [7, 11) is -3.51. The molecule has 0 aliphatic carbocycles. The standard InChI is InChI=1S/C10H14N2O4S/c1-9-8-11(13)3-2-10(9)17(14,15)12-4-6-16-7-5-12/h2-3,8H,4-7H2,1H3. The summed E-state index contributed by atoms with van der Waals surface area (Å²) >= 11 is 0. The van der Waals surface area contributed by atoms with Crippen LogP contribution in [0.15, 0.2) is 23.4 Å². The second-order valence-corrected chi connectivity index (χ2v) is 5.77. The Bertz CT molecular complexity index is 509. The number of morpholine rings is 1. The van der Waals surface area contributed by atoms with E-state index >= 15 is 0 Å². The van der Waals surface area contributed by atoms with Crippen molar-refractivity contribution in [2.24, 2.45) is 0 Å². The number of ether oxygens (including phenoxy) is 1. The van der Waals surface area contributed by atoms with Gasteiger partial charge in [-0.15, -0.1) is 0 Å². The minimum Gasteiger partial charge on any atom is -0.619 e. The maximum Gasteiger partial charge on any atom is 0.243 e. The van der Waals surface area contributed by atoms with E-state index in [9.17, 15) is 13.6 Å². The first-order chi connectivity index (χ1) is 8.01. The minimum absolute atomic E-state index is 0.187. The molecule has 0 amide bonds. The highest BCUT2D eigenvalue weighted by molar-refractivity contribution is 7.89. The molecule has 1 aliphatic rings. The SMILES string of the molecule is Cc1c[n+]([O-])ccc1S(=O)(=O)N1CCOCC1. The molecule has 0 atom stereocenters. The van der Waals surface area contributed by atoms with Gasteiger partial charge in [-0.05, 0) is 6.92 Å². The summed E-state index contributed by atoms with van der Waals surface area (Å²) in [5, 5.41) is 11.0. The van der Waals surface area contributed by atoms with Crippen molar-refractivity contribution in [3.63, 3.8) is 0 Å². The normalized spacial score (nSPS) is 18.2. The lowest BCUT2D eigenvalue weighted by Gasteiger charge is -2.26. The van der Waals surface area contributed by atoms with Gasteiger partial charge in [-0.2, -0.15) is 9.04 Å². The molecule has 6 nitrogen and oxygen atoms in total. The molecule has 1 aromatic rings. The molecule has 2 rings (SSSR count). The van der Waals surface area contributed by atoms with Gasteiger partial charge in [0.15, 0.2) is 12.4 Å². The van der Waals surface area contributed by atoms with Crippen LogP contribution >= 0.6 is 0 Å². The second kappa shape index (κ2) is 4.59. The fraction of sp³-hybridized carbons (Fsp3) is 0.500. The summed E-state index contributed by atoms with van der Waals surface area (Å²) in [6.07, 6.45) is 2.45. The summed E-state index contributed by atoms with van der Waals surface area (Å²) < 4.78 is 31.7. The van der Waals surface area contributed by atoms with Gasteiger partial charge in [0.1, 0.15) is 0 Å². The zero-order valence-corrected chi connectivity index (χ0v) is 10.3. The monoisotopic (exact) mass is 258 g/mol. The molecular weight excluding hydrogens is 244 g/mol. The van der Waals surface area contributed by atoms with Gasteiger partial charge in [0.25, 0.3) is 0 Å².